The van der Waals surface area contributed by atoms with E-state index in [0.717, 1.165) is 6.42 Å². The third kappa shape index (κ3) is 5.11. The predicted molar refractivity (Wildman–Crippen MR) is 78.7 cm³/mol. The van der Waals surface area contributed by atoms with Gasteiger partial charge in [-0.05, 0) is 37.5 Å². The number of sulfonamides is 1. The number of rotatable bonds is 7. The molecule has 1 aromatic rings. The van der Waals surface area contributed by atoms with Gasteiger partial charge in [-0.1, -0.05) is 13.0 Å². The Morgan fingerprint density at radius 2 is 1.81 bits per heavy atom. The molecule has 0 saturated carbocycles. The van der Waals surface area contributed by atoms with Crippen LogP contribution < -0.4 is 5.14 Å². The molecule has 7 heteroatoms. The summed E-state index contributed by atoms with van der Waals surface area (Å²) in [5.74, 6) is -0.586. The van der Waals surface area contributed by atoms with Crippen molar-refractivity contribution in [1.29, 1.82) is 0 Å². The maximum atomic E-state index is 12.0. The van der Waals surface area contributed by atoms with E-state index in [9.17, 15) is 13.2 Å². The second-order valence-electron chi connectivity index (χ2n) is 4.73. The smallest absolute Gasteiger partial charge is 0.338 e. The molecule has 0 amide bonds. The summed E-state index contributed by atoms with van der Waals surface area (Å²) < 4.78 is 33.2. The Bertz CT molecular complexity index is 610. The molecule has 0 aliphatic heterocycles. The Kier molecular flexibility index (Phi) is 6.32. The topological polar surface area (TPSA) is 95.7 Å². The lowest BCUT2D eigenvalue weighted by Crippen LogP contribution is -2.17. The van der Waals surface area contributed by atoms with Crippen molar-refractivity contribution in [1.82, 2.24) is 0 Å². The summed E-state index contributed by atoms with van der Waals surface area (Å²) in [6.45, 7) is 6.36. The van der Waals surface area contributed by atoms with Crippen LogP contribution in [0.2, 0.25) is 0 Å². The predicted octanol–water partition coefficient (Wildman–Crippen LogP) is 1.53. The van der Waals surface area contributed by atoms with Crippen LogP contribution in [0.3, 0.4) is 0 Å². The highest BCUT2D eigenvalue weighted by Crippen LogP contribution is 2.20. The molecule has 0 saturated heterocycles. The molecule has 1 aromatic carbocycles. The van der Waals surface area contributed by atoms with E-state index in [1.807, 2.05) is 6.92 Å². The molecular formula is C14H21NO5S. The highest BCUT2D eigenvalue weighted by molar-refractivity contribution is 7.89. The van der Waals surface area contributed by atoms with Gasteiger partial charge in [-0.25, -0.2) is 18.4 Å². The van der Waals surface area contributed by atoms with Gasteiger partial charge in [0, 0.05) is 6.61 Å². The van der Waals surface area contributed by atoms with Crippen LogP contribution in [0.5, 0.6) is 0 Å². The lowest BCUT2D eigenvalue weighted by Gasteiger charge is -2.11. The van der Waals surface area contributed by atoms with Gasteiger partial charge >= 0.3 is 5.97 Å². The molecule has 0 spiro atoms. The van der Waals surface area contributed by atoms with Crippen molar-refractivity contribution in [3.05, 3.63) is 28.8 Å². The third-order valence-corrected chi connectivity index (χ3v) is 3.91. The molecule has 6 nitrogen and oxygen atoms in total. The van der Waals surface area contributed by atoms with E-state index < -0.39 is 16.0 Å². The number of hydrogen-bond acceptors (Lipinski definition) is 5. The third-order valence-electron chi connectivity index (χ3n) is 2.86. The first-order valence-corrected chi connectivity index (χ1v) is 8.21. The quantitative estimate of drug-likeness (QED) is 0.608. The Morgan fingerprint density at radius 1 is 1.14 bits per heavy atom. The van der Waals surface area contributed by atoms with Crippen LogP contribution in [0.4, 0.5) is 0 Å². The molecule has 0 unspecified atom stereocenters. The van der Waals surface area contributed by atoms with Gasteiger partial charge in [0.15, 0.2) is 0 Å². The maximum Gasteiger partial charge on any atom is 0.338 e. The summed E-state index contributed by atoms with van der Waals surface area (Å²) in [6.07, 6.45) is 0.892. The average molecular weight is 315 g/mol. The number of carbonyl (C=O) groups excluding carboxylic acids is 1. The Morgan fingerprint density at radius 3 is 2.38 bits per heavy atom. The van der Waals surface area contributed by atoms with Gasteiger partial charge in [0.1, 0.15) is 6.61 Å². The molecule has 21 heavy (non-hydrogen) atoms. The summed E-state index contributed by atoms with van der Waals surface area (Å²) in [5, 5.41) is 5.13. The van der Waals surface area contributed by atoms with Crippen molar-refractivity contribution < 1.29 is 22.7 Å². The summed E-state index contributed by atoms with van der Waals surface area (Å²) in [7, 11) is -3.87. The summed E-state index contributed by atoms with van der Waals surface area (Å²) in [5.41, 5.74) is 1.33. The fourth-order valence-electron chi connectivity index (χ4n) is 1.88. The number of primary sulfonamides is 1. The Hall–Kier alpha value is -1.44. The molecular weight excluding hydrogens is 294 g/mol. The normalized spacial score (nSPS) is 11.4. The molecule has 0 radical (unpaired) electrons. The van der Waals surface area contributed by atoms with Gasteiger partial charge in [0.25, 0.3) is 0 Å². The van der Waals surface area contributed by atoms with E-state index >= 15 is 0 Å². The zero-order valence-corrected chi connectivity index (χ0v) is 13.3. The van der Waals surface area contributed by atoms with Gasteiger partial charge < -0.3 is 9.47 Å². The monoisotopic (exact) mass is 315 g/mol. The van der Waals surface area contributed by atoms with Crippen LogP contribution in [-0.2, 0) is 19.5 Å². The fraction of sp³-hybridized carbons (Fsp3) is 0.500. The molecule has 0 bridgehead atoms. The number of esters is 1. The molecule has 1 rings (SSSR count). The molecule has 0 aliphatic carbocycles. The van der Waals surface area contributed by atoms with E-state index in [1.54, 1.807) is 19.9 Å². The van der Waals surface area contributed by atoms with E-state index in [0.29, 0.717) is 24.3 Å². The first-order chi connectivity index (χ1) is 9.77. The van der Waals surface area contributed by atoms with Crippen molar-refractivity contribution in [3.8, 4) is 0 Å². The standard InChI is InChI=1S/C14H21NO5S/c1-4-5-19-6-7-20-14(16)12-9-13(21(15,17)18)11(3)8-10(12)2/h8-9H,4-7H2,1-3H3,(H2,15,17,18). The van der Waals surface area contributed by atoms with Crippen LogP contribution in [0, 0.1) is 13.8 Å². The van der Waals surface area contributed by atoms with Gasteiger partial charge in [-0.3, -0.25) is 0 Å². The number of hydrogen-bond donors (Lipinski definition) is 1. The van der Waals surface area contributed by atoms with Crippen molar-refractivity contribution in [3.63, 3.8) is 0 Å². The zero-order valence-electron chi connectivity index (χ0n) is 12.5. The summed E-state index contributed by atoms with van der Waals surface area (Å²) in [4.78, 5) is 11.9. The van der Waals surface area contributed by atoms with Crippen LogP contribution >= 0.6 is 0 Å². The molecule has 0 atom stereocenters. The number of nitrogens with two attached hydrogens (primary N) is 1. The lowest BCUT2D eigenvalue weighted by atomic mass is 10.1. The first kappa shape index (κ1) is 17.6. The summed E-state index contributed by atoms with van der Waals surface area (Å²) >= 11 is 0. The van der Waals surface area contributed by atoms with Gasteiger partial charge in [-0.15, -0.1) is 0 Å². The van der Waals surface area contributed by atoms with E-state index in [-0.39, 0.29) is 17.1 Å². The molecule has 0 heterocycles. The number of benzene rings is 1. The van der Waals surface area contributed by atoms with Crippen molar-refractivity contribution in [2.24, 2.45) is 5.14 Å². The van der Waals surface area contributed by atoms with Crippen molar-refractivity contribution >= 4 is 16.0 Å². The molecule has 118 valence electrons. The average Bonchev–Trinajstić information content (AvgIpc) is 2.36. The van der Waals surface area contributed by atoms with Crippen molar-refractivity contribution in [2.45, 2.75) is 32.1 Å². The number of ether oxygens (including phenoxy) is 2. The molecule has 0 aromatic heterocycles. The van der Waals surface area contributed by atoms with Gasteiger partial charge in [0.2, 0.25) is 10.0 Å². The second-order valence-corrected chi connectivity index (χ2v) is 6.26. The van der Waals surface area contributed by atoms with E-state index in [1.165, 1.54) is 6.07 Å². The van der Waals surface area contributed by atoms with Gasteiger partial charge in [0.05, 0.1) is 17.1 Å². The molecule has 0 fully saturated rings. The zero-order chi connectivity index (χ0) is 16.0. The Labute approximate surface area is 125 Å². The van der Waals surface area contributed by atoms with Crippen LogP contribution in [-0.4, -0.2) is 34.2 Å². The van der Waals surface area contributed by atoms with Crippen molar-refractivity contribution in [2.75, 3.05) is 19.8 Å². The molecule has 0 aliphatic rings. The SMILES string of the molecule is CCCOCCOC(=O)c1cc(S(N)(=O)=O)c(C)cc1C. The fourth-order valence-corrected chi connectivity index (χ4v) is 2.67. The minimum absolute atomic E-state index is 0.0673. The molecule has 2 N–H and O–H groups in total. The maximum absolute atomic E-state index is 12.0. The lowest BCUT2D eigenvalue weighted by molar-refractivity contribution is 0.0317. The van der Waals surface area contributed by atoms with Gasteiger partial charge in [-0.2, -0.15) is 0 Å². The minimum atomic E-state index is -3.87. The van der Waals surface area contributed by atoms with E-state index in [4.69, 9.17) is 14.6 Å². The highest BCUT2D eigenvalue weighted by atomic mass is 32.2. The second kappa shape index (κ2) is 7.53. The minimum Gasteiger partial charge on any atom is -0.460 e. The Balaban J connectivity index is 2.85. The largest absolute Gasteiger partial charge is 0.460 e. The highest BCUT2D eigenvalue weighted by Gasteiger charge is 2.18. The first-order valence-electron chi connectivity index (χ1n) is 6.66. The van der Waals surface area contributed by atoms with Crippen LogP contribution in [0.15, 0.2) is 17.0 Å². The van der Waals surface area contributed by atoms with E-state index in [2.05, 4.69) is 0 Å². The summed E-state index contributed by atoms with van der Waals surface area (Å²) in [6, 6.07) is 2.86. The van der Waals surface area contributed by atoms with Crippen LogP contribution in [0.25, 0.3) is 0 Å². The van der Waals surface area contributed by atoms with Crippen LogP contribution in [0.1, 0.15) is 34.8 Å². The number of aryl methyl sites for hydroxylation is 2. The number of carbonyl (C=O) groups is 1.